The SMILES string of the molecule is CCCCOc1ccc(C(=O)Oc2cccc3cccnc23)cc1. The second-order valence-corrected chi connectivity index (χ2v) is 5.45. The van der Waals surface area contributed by atoms with Gasteiger partial charge >= 0.3 is 5.97 Å². The van der Waals surface area contributed by atoms with Crippen molar-refractivity contribution in [1.82, 2.24) is 4.98 Å². The average Bonchev–Trinajstić information content (AvgIpc) is 2.63. The van der Waals surface area contributed by atoms with Crippen LogP contribution in [0, 0.1) is 0 Å². The molecule has 24 heavy (non-hydrogen) atoms. The Hall–Kier alpha value is -2.88. The van der Waals surface area contributed by atoms with Crippen LogP contribution in [-0.4, -0.2) is 17.6 Å². The molecule has 0 fully saturated rings. The summed E-state index contributed by atoms with van der Waals surface area (Å²) < 4.78 is 11.1. The van der Waals surface area contributed by atoms with E-state index in [1.54, 1.807) is 36.5 Å². The summed E-state index contributed by atoms with van der Waals surface area (Å²) in [6, 6.07) is 16.3. The van der Waals surface area contributed by atoms with Gasteiger partial charge < -0.3 is 9.47 Å². The van der Waals surface area contributed by atoms with Crippen LogP contribution in [0.25, 0.3) is 10.9 Å². The quantitative estimate of drug-likeness (QED) is 0.377. The largest absolute Gasteiger partial charge is 0.494 e. The molecule has 0 unspecified atom stereocenters. The standard InChI is InChI=1S/C20H19NO3/c1-2-3-14-23-17-11-9-16(10-12-17)20(22)24-18-8-4-6-15-7-5-13-21-19(15)18/h4-13H,2-3,14H2,1H3. The summed E-state index contributed by atoms with van der Waals surface area (Å²) in [6.07, 6.45) is 3.78. The zero-order valence-corrected chi connectivity index (χ0v) is 13.6. The Morgan fingerprint density at radius 3 is 2.62 bits per heavy atom. The number of ether oxygens (including phenoxy) is 2. The molecular formula is C20H19NO3. The van der Waals surface area contributed by atoms with Gasteiger partial charge in [0.25, 0.3) is 0 Å². The molecule has 0 amide bonds. The van der Waals surface area contributed by atoms with Gasteiger partial charge in [-0.25, -0.2) is 4.79 Å². The number of carbonyl (C=O) groups excluding carboxylic acids is 1. The smallest absolute Gasteiger partial charge is 0.343 e. The van der Waals surface area contributed by atoms with Gasteiger partial charge in [-0.05, 0) is 42.8 Å². The molecule has 122 valence electrons. The van der Waals surface area contributed by atoms with Gasteiger partial charge in [-0.2, -0.15) is 0 Å². The summed E-state index contributed by atoms with van der Waals surface area (Å²) in [5, 5.41) is 0.933. The van der Waals surface area contributed by atoms with Crippen molar-refractivity contribution in [1.29, 1.82) is 0 Å². The maximum absolute atomic E-state index is 12.3. The third kappa shape index (κ3) is 3.71. The number of benzene rings is 2. The van der Waals surface area contributed by atoms with Crippen LogP contribution < -0.4 is 9.47 Å². The van der Waals surface area contributed by atoms with Gasteiger partial charge in [0.05, 0.1) is 12.2 Å². The summed E-state index contributed by atoms with van der Waals surface area (Å²) in [5.74, 6) is 0.807. The fraction of sp³-hybridized carbons (Fsp3) is 0.200. The van der Waals surface area contributed by atoms with Crippen LogP contribution >= 0.6 is 0 Å². The monoisotopic (exact) mass is 321 g/mol. The molecule has 0 aliphatic heterocycles. The van der Waals surface area contributed by atoms with Crippen molar-refractivity contribution < 1.29 is 14.3 Å². The molecule has 0 aliphatic rings. The van der Waals surface area contributed by atoms with E-state index in [0.717, 1.165) is 24.0 Å². The molecule has 0 bridgehead atoms. The summed E-state index contributed by atoms with van der Waals surface area (Å²) >= 11 is 0. The highest BCUT2D eigenvalue weighted by molar-refractivity contribution is 5.94. The Labute approximate surface area is 141 Å². The van der Waals surface area contributed by atoms with Gasteiger partial charge in [0.1, 0.15) is 11.3 Å². The van der Waals surface area contributed by atoms with Crippen LogP contribution in [0.2, 0.25) is 0 Å². The van der Waals surface area contributed by atoms with Gasteiger partial charge in [0, 0.05) is 11.6 Å². The molecular weight excluding hydrogens is 302 g/mol. The summed E-state index contributed by atoms with van der Waals surface area (Å²) in [4.78, 5) is 16.6. The molecule has 2 aromatic carbocycles. The van der Waals surface area contributed by atoms with Crippen molar-refractivity contribution in [2.75, 3.05) is 6.61 Å². The van der Waals surface area contributed by atoms with E-state index in [1.165, 1.54) is 0 Å². The molecule has 3 rings (SSSR count). The van der Waals surface area contributed by atoms with Crippen LogP contribution in [0.5, 0.6) is 11.5 Å². The molecule has 0 aliphatic carbocycles. The Kier molecular flexibility index (Phi) is 5.06. The summed E-state index contributed by atoms with van der Waals surface area (Å²) in [6.45, 7) is 2.80. The lowest BCUT2D eigenvalue weighted by Crippen LogP contribution is -2.09. The number of hydrogen-bond acceptors (Lipinski definition) is 4. The Bertz CT molecular complexity index is 822. The lowest BCUT2D eigenvalue weighted by atomic mass is 10.2. The fourth-order valence-corrected chi connectivity index (χ4v) is 2.34. The van der Waals surface area contributed by atoms with Gasteiger partial charge in [0.15, 0.2) is 5.75 Å². The van der Waals surface area contributed by atoms with E-state index in [0.29, 0.717) is 23.4 Å². The first kappa shape index (κ1) is 16.0. The van der Waals surface area contributed by atoms with E-state index in [-0.39, 0.29) is 0 Å². The van der Waals surface area contributed by atoms with Crippen LogP contribution in [-0.2, 0) is 0 Å². The normalized spacial score (nSPS) is 10.5. The van der Waals surface area contributed by atoms with E-state index >= 15 is 0 Å². The van der Waals surface area contributed by atoms with Crippen molar-refractivity contribution in [2.24, 2.45) is 0 Å². The zero-order valence-electron chi connectivity index (χ0n) is 13.6. The molecule has 0 saturated heterocycles. The minimum absolute atomic E-state index is 0.409. The summed E-state index contributed by atoms with van der Waals surface area (Å²) in [5.41, 5.74) is 1.15. The number of fused-ring (bicyclic) bond motifs is 1. The van der Waals surface area contributed by atoms with Gasteiger partial charge in [-0.15, -0.1) is 0 Å². The fourth-order valence-electron chi connectivity index (χ4n) is 2.34. The van der Waals surface area contributed by atoms with Crippen LogP contribution in [0.3, 0.4) is 0 Å². The number of carbonyl (C=O) groups is 1. The first-order chi connectivity index (χ1) is 11.8. The molecule has 1 aromatic heterocycles. The van der Waals surface area contributed by atoms with Crippen molar-refractivity contribution in [3.63, 3.8) is 0 Å². The molecule has 0 radical (unpaired) electrons. The predicted molar refractivity (Wildman–Crippen MR) is 93.5 cm³/mol. The maximum atomic E-state index is 12.3. The Morgan fingerprint density at radius 2 is 1.83 bits per heavy atom. The molecule has 0 N–H and O–H groups in total. The maximum Gasteiger partial charge on any atom is 0.343 e. The first-order valence-electron chi connectivity index (χ1n) is 8.06. The van der Waals surface area contributed by atoms with E-state index in [1.807, 2.05) is 24.3 Å². The molecule has 3 aromatic rings. The highest BCUT2D eigenvalue weighted by Gasteiger charge is 2.11. The molecule has 0 atom stereocenters. The number of pyridine rings is 1. The van der Waals surface area contributed by atoms with E-state index in [4.69, 9.17) is 9.47 Å². The van der Waals surface area contributed by atoms with E-state index < -0.39 is 5.97 Å². The number of esters is 1. The number of nitrogens with zero attached hydrogens (tertiary/aromatic N) is 1. The first-order valence-corrected chi connectivity index (χ1v) is 8.06. The minimum atomic E-state index is -0.409. The van der Waals surface area contributed by atoms with Crippen molar-refractivity contribution in [3.8, 4) is 11.5 Å². The Balaban J connectivity index is 1.72. The number of para-hydroxylation sites is 1. The lowest BCUT2D eigenvalue weighted by Gasteiger charge is -2.08. The highest BCUT2D eigenvalue weighted by Crippen LogP contribution is 2.24. The summed E-state index contributed by atoms with van der Waals surface area (Å²) in [7, 11) is 0. The second-order valence-electron chi connectivity index (χ2n) is 5.45. The minimum Gasteiger partial charge on any atom is -0.494 e. The third-order valence-corrected chi connectivity index (χ3v) is 3.65. The number of rotatable bonds is 6. The zero-order chi connectivity index (χ0) is 16.8. The highest BCUT2D eigenvalue weighted by atomic mass is 16.5. The predicted octanol–water partition coefficient (Wildman–Crippen LogP) is 4.63. The van der Waals surface area contributed by atoms with Crippen molar-refractivity contribution >= 4 is 16.9 Å². The molecule has 4 nitrogen and oxygen atoms in total. The van der Waals surface area contributed by atoms with Crippen LogP contribution in [0.15, 0.2) is 60.8 Å². The topological polar surface area (TPSA) is 48.4 Å². The van der Waals surface area contributed by atoms with E-state index in [2.05, 4.69) is 11.9 Å². The Morgan fingerprint density at radius 1 is 1.04 bits per heavy atom. The van der Waals surface area contributed by atoms with Crippen LogP contribution in [0.4, 0.5) is 0 Å². The van der Waals surface area contributed by atoms with Gasteiger partial charge in [-0.3, -0.25) is 4.98 Å². The van der Waals surface area contributed by atoms with E-state index in [9.17, 15) is 4.79 Å². The molecule has 1 heterocycles. The number of aromatic nitrogens is 1. The van der Waals surface area contributed by atoms with Crippen molar-refractivity contribution in [2.45, 2.75) is 19.8 Å². The third-order valence-electron chi connectivity index (χ3n) is 3.65. The molecule has 0 saturated carbocycles. The number of unbranched alkanes of at least 4 members (excludes halogenated alkanes) is 1. The molecule has 0 spiro atoms. The van der Waals surface area contributed by atoms with Crippen LogP contribution in [0.1, 0.15) is 30.1 Å². The van der Waals surface area contributed by atoms with Gasteiger partial charge in [0.2, 0.25) is 0 Å². The lowest BCUT2D eigenvalue weighted by molar-refractivity contribution is 0.0736. The van der Waals surface area contributed by atoms with Crippen molar-refractivity contribution in [3.05, 3.63) is 66.4 Å². The number of hydrogen-bond donors (Lipinski definition) is 0. The average molecular weight is 321 g/mol. The molecule has 4 heteroatoms. The van der Waals surface area contributed by atoms with Gasteiger partial charge in [-0.1, -0.05) is 31.5 Å². The second kappa shape index (κ2) is 7.59.